The molecule has 0 amide bonds. The van der Waals surface area contributed by atoms with Crippen LogP contribution in [-0.4, -0.2) is 18.4 Å². The van der Waals surface area contributed by atoms with Crippen LogP contribution in [0.3, 0.4) is 0 Å². The molecule has 148 valence electrons. The van der Waals surface area contributed by atoms with Crippen molar-refractivity contribution in [1.29, 1.82) is 0 Å². The van der Waals surface area contributed by atoms with Gasteiger partial charge in [-0.3, -0.25) is 4.79 Å². The Balaban J connectivity index is 1.64. The first-order valence-electron chi connectivity index (χ1n) is 9.59. The van der Waals surface area contributed by atoms with E-state index in [1.165, 1.54) is 12.1 Å². The molecule has 2 nitrogen and oxygen atoms in total. The van der Waals surface area contributed by atoms with Gasteiger partial charge in [0.1, 0.15) is 0 Å². The van der Waals surface area contributed by atoms with Crippen LogP contribution in [0.4, 0.5) is 13.2 Å². The Bertz CT molecular complexity index is 870. The minimum atomic E-state index is -4.35. The molecule has 2 aromatic carbocycles. The van der Waals surface area contributed by atoms with Gasteiger partial charge in [-0.15, -0.1) is 0 Å². The van der Waals surface area contributed by atoms with Gasteiger partial charge in [0, 0.05) is 24.6 Å². The molecule has 1 N–H and O–H groups in total. The highest BCUT2D eigenvalue weighted by atomic mass is 19.4. The lowest BCUT2D eigenvalue weighted by Crippen LogP contribution is -2.33. The highest BCUT2D eigenvalue weighted by molar-refractivity contribution is 5.97. The summed E-state index contributed by atoms with van der Waals surface area (Å²) in [5, 5.41) is 3.35. The van der Waals surface area contributed by atoms with Crippen LogP contribution in [0.15, 0.2) is 54.6 Å². The maximum absolute atomic E-state index is 13.0. The van der Waals surface area contributed by atoms with Crippen molar-refractivity contribution in [1.82, 2.24) is 5.32 Å². The summed E-state index contributed by atoms with van der Waals surface area (Å²) in [6.45, 7) is 2.62. The van der Waals surface area contributed by atoms with E-state index in [1.54, 1.807) is 6.07 Å². The molecule has 2 aromatic rings. The summed E-state index contributed by atoms with van der Waals surface area (Å²) in [7, 11) is 0. The second kappa shape index (κ2) is 8.74. The van der Waals surface area contributed by atoms with Gasteiger partial charge in [0.15, 0.2) is 5.78 Å². The van der Waals surface area contributed by atoms with Crippen molar-refractivity contribution < 1.29 is 18.0 Å². The van der Waals surface area contributed by atoms with Crippen LogP contribution in [0.1, 0.15) is 53.2 Å². The van der Waals surface area contributed by atoms with E-state index < -0.39 is 11.7 Å². The van der Waals surface area contributed by atoms with E-state index in [4.69, 9.17) is 0 Å². The van der Waals surface area contributed by atoms with Gasteiger partial charge in [0.25, 0.3) is 0 Å². The lowest BCUT2D eigenvalue weighted by molar-refractivity contribution is -0.137. The SMILES string of the molecule is CCc1ccccc1C(=O)CCC1CC(c2cccc(C(F)(F)F)c2)=CCN1. The summed E-state index contributed by atoms with van der Waals surface area (Å²) >= 11 is 0. The number of rotatable bonds is 6. The molecule has 28 heavy (non-hydrogen) atoms. The zero-order chi connectivity index (χ0) is 20.1. The molecule has 5 heteroatoms. The molecule has 3 rings (SSSR count). The Kier molecular flexibility index (Phi) is 6.35. The summed E-state index contributed by atoms with van der Waals surface area (Å²) in [4.78, 5) is 12.6. The van der Waals surface area contributed by atoms with Crippen molar-refractivity contribution in [3.8, 4) is 0 Å². The molecule has 0 spiro atoms. The van der Waals surface area contributed by atoms with Crippen molar-refractivity contribution in [2.75, 3.05) is 6.54 Å². The summed E-state index contributed by atoms with van der Waals surface area (Å²) in [6.07, 6.45) is 0.0932. The third-order valence-electron chi connectivity index (χ3n) is 5.20. The van der Waals surface area contributed by atoms with Gasteiger partial charge >= 0.3 is 6.18 Å². The molecule has 0 aliphatic carbocycles. The van der Waals surface area contributed by atoms with Crippen molar-refractivity contribution in [2.45, 2.75) is 44.8 Å². The minimum Gasteiger partial charge on any atom is -0.310 e. The second-order valence-electron chi connectivity index (χ2n) is 7.09. The summed E-state index contributed by atoms with van der Waals surface area (Å²) in [5.74, 6) is 0.120. The largest absolute Gasteiger partial charge is 0.416 e. The third-order valence-corrected chi connectivity index (χ3v) is 5.20. The van der Waals surface area contributed by atoms with Crippen molar-refractivity contribution in [3.63, 3.8) is 0 Å². The molecule has 1 atom stereocenters. The number of carbonyl (C=O) groups excluding carboxylic acids is 1. The molecule has 0 radical (unpaired) electrons. The predicted octanol–water partition coefficient (Wildman–Crippen LogP) is 5.68. The van der Waals surface area contributed by atoms with E-state index in [2.05, 4.69) is 5.32 Å². The molecule has 0 aromatic heterocycles. The average Bonchev–Trinajstić information content (AvgIpc) is 2.71. The smallest absolute Gasteiger partial charge is 0.310 e. The fraction of sp³-hybridized carbons (Fsp3) is 0.348. The topological polar surface area (TPSA) is 29.1 Å². The average molecular weight is 387 g/mol. The van der Waals surface area contributed by atoms with Crippen molar-refractivity contribution in [3.05, 3.63) is 76.9 Å². The molecule has 1 aliphatic rings. The van der Waals surface area contributed by atoms with E-state index in [-0.39, 0.29) is 11.8 Å². The summed E-state index contributed by atoms with van der Waals surface area (Å²) < 4.78 is 38.9. The fourth-order valence-electron chi connectivity index (χ4n) is 3.65. The Morgan fingerprint density at radius 3 is 2.68 bits per heavy atom. The molecular weight excluding hydrogens is 363 g/mol. The fourth-order valence-corrected chi connectivity index (χ4v) is 3.65. The number of aryl methyl sites for hydroxylation is 1. The number of alkyl halides is 3. The predicted molar refractivity (Wildman–Crippen MR) is 105 cm³/mol. The van der Waals surface area contributed by atoms with Crippen molar-refractivity contribution >= 4 is 11.4 Å². The number of halogens is 3. The molecule has 1 aliphatic heterocycles. The number of nitrogens with one attached hydrogen (secondary N) is 1. The lowest BCUT2D eigenvalue weighted by atomic mass is 9.90. The van der Waals surface area contributed by atoms with Crippen LogP contribution >= 0.6 is 0 Å². The minimum absolute atomic E-state index is 0.0762. The number of carbonyl (C=O) groups is 1. The summed E-state index contributed by atoms with van der Waals surface area (Å²) in [5.41, 5.74) is 2.69. The van der Waals surface area contributed by atoms with Crippen LogP contribution < -0.4 is 5.32 Å². The second-order valence-corrected chi connectivity index (χ2v) is 7.09. The zero-order valence-corrected chi connectivity index (χ0v) is 15.9. The molecule has 1 heterocycles. The van der Waals surface area contributed by atoms with E-state index >= 15 is 0 Å². The quantitative estimate of drug-likeness (QED) is 0.647. The van der Waals surface area contributed by atoms with E-state index in [1.807, 2.05) is 37.3 Å². The number of ketones is 1. The Morgan fingerprint density at radius 1 is 1.14 bits per heavy atom. The van der Waals surface area contributed by atoms with E-state index in [9.17, 15) is 18.0 Å². The Morgan fingerprint density at radius 2 is 1.93 bits per heavy atom. The normalized spacial score (nSPS) is 17.3. The van der Waals surface area contributed by atoms with Crippen LogP contribution in [0, 0.1) is 0 Å². The van der Waals surface area contributed by atoms with Gasteiger partial charge in [0.05, 0.1) is 5.56 Å². The maximum atomic E-state index is 13.0. The van der Waals surface area contributed by atoms with Gasteiger partial charge in [-0.25, -0.2) is 0 Å². The number of benzene rings is 2. The van der Waals surface area contributed by atoms with Gasteiger partial charge < -0.3 is 5.32 Å². The van der Waals surface area contributed by atoms with Crippen LogP contribution in [0.2, 0.25) is 0 Å². The number of hydrogen-bond acceptors (Lipinski definition) is 2. The van der Waals surface area contributed by atoms with Gasteiger partial charge in [-0.1, -0.05) is 49.4 Å². The maximum Gasteiger partial charge on any atom is 0.416 e. The monoisotopic (exact) mass is 387 g/mol. The molecule has 1 unspecified atom stereocenters. The molecule has 0 saturated carbocycles. The first-order valence-corrected chi connectivity index (χ1v) is 9.59. The van der Waals surface area contributed by atoms with E-state index in [0.717, 1.165) is 29.2 Å². The van der Waals surface area contributed by atoms with Gasteiger partial charge in [-0.05, 0) is 48.1 Å². The van der Waals surface area contributed by atoms with Crippen molar-refractivity contribution in [2.24, 2.45) is 0 Å². The Hall–Kier alpha value is -2.40. The first-order chi connectivity index (χ1) is 13.4. The summed E-state index contributed by atoms with van der Waals surface area (Å²) in [6, 6.07) is 13.2. The molecule has 0 fully saturated rings. The van der Waals surface area contributed by atoms with Crippen LogP contribution in [0.5, 0.6) is 0 Å². The molecule has 0 saturated heterocycles. The van der Waals surface area contributed by atoms with Gasteiger partial charge in [-0.2, -0.15) is 13.2 Å². The first kappa shape index (κ1) is 20.3. The zero-order valence-electron chi connectivity index (χ0n) is 15.9. The number of hydrogen-bond donors (Lipinski definition) is 1. The number of Topliss-reactive ketones (excluding diaryl/α,β-unsaturated/α-hetero) is 1. The Labute approximate surface area is 163 Å². The molecule has 0 bridgehead atoms. The highest BCUT2D eigenvalue weighted by Gasteiger charge is 2.30. The van der Waals surface area contributed by atoms with Crippen LogP contribution in [0.25, 0.3) is 5.57 Å². The highest BCUT2D eigenvalue weighted by Crippen LogP contribution is 2.32. The van der Waals surface area contributed by atoms with Gasteiger partial charge in [0.2, 0.25) is 0 Å². The third kappa shape index (κ3) is 4.90. The van der Waals surface area contributed by atoms with Crippen LogP contribution in [-0.2, 0) is 12.6 Å². The lowest BCUT2D eigenvalue weighted by Gasteiger charge is -2.25. The van der Waals surface area contributed by atoms with E-state index in [0.29, 0.717) is 31.4 Å². The standard InChI is InChI=1S/C23H24F3NO/c1-2-16-6-3-4-9-21(16)22(28)11-10-20-15-18(12-13-27-20)17-7-5-8-19(14-17)23(24,25)26/h3-9,12,14,20,27H,2,10-11,13,15H2,1H3. The molecular formula is C23H24F3NO.